The summed E-state index contributed by atoms with van der Waals surface area (Å²) in [6.07, 6.45) is 1.59. The van der Waals surface area contributed by atoms with E-state index in [1.807, 2.05) is 20.9 Å². The summed E-state index contributed by atoms with van der Waals surface area (Å²) >= 11 is 3.50. The molecule has 0 unspecified atom stereocenters. The van der Waals surface area contributed by atoms with Crippen LogP contribution in [-0.4, -0.2) is 36.8 Å². The fourth-order valence-corrected chi connectivity index (χ4v) is 2.71. The van der Waals surface area contributed by atoms with E-state index in [1.54, 1.807) is 0 Å². The number of nitrogens with zero attached hydrogens (tertiary/aromatic N) is 2. The molecule has 6 heteroatoms. The van der Waals surface area contributed by atoms with E-state index in [0.717, 1.165) is 34.7 Å². The molecule has 0 aliphatic carbocycles. The molecule has 106 valence electrons. The Morgan fingerprint density at radius 2 is 2.05 bits per heavy atom. The van der Waals surface area contributed by atoms with Crippen LogP contribution in [0.15, 0.2) is 4.47 Å². The maximum atomic E-state index is 6.00. The summed E-state index contributed by atoms with van der Waals surface area (Å²) in [6.45, 7) is 5.99. The van der Waals surface area contributed by atoms with Crippen LogP contribution in [0.5, 0.6) is 0 Å². The van der Waals surface area contributed by atoms with E-state index in [0.29, 0.717) is 19.8 Å². The molecule has 1 N–H and O–H groups in total. The molecule has 2 heterocycles. The highest BCUT2D eigenvalue weighted by Gasteiger charge is 2.38. The highest BCUT2D eigenvalue weighted by Crippen LogP contribution is 2.36. The molecule has 0 bridgehead atoms. The third-order valence-electron chi connectivity index (χ3n) is 3.38. The number of ether oxygens (including phenoxy) is 2. The Bertz CT molecular complexity index is 442. The van der Waals surface area contributed by atoms with Gasteiger partial charge in [-0.3, -0.25) is 0 Å². The summed E-state index contributed by atoms with van der Waals surface area (Å²) in [6, 6.07) is 0. The minimum absolute atomic E-state index is 0.413. The molecule has 2 rings (SSSR count). The van der Waals surface area contributed by atoms with Crippen LogP contribution in [0, 0.1) is 6.92 Å². The van der Waals surface area contributed by atoms with Gasteiger partial charge in [0.1, 0.15) is 11.4 Å². The van der Waals surface area contributed by atoms with Gasteiger partial charge in [-0.25, -0.2) is 9.97 Å². The standard InChI is InChI=1S/C13H20BrN3O2/c1-4-19-13(5-7-18-8-6-13)12-16-9(2)10(14)11(15-3)17-12/h4-8H2,1-3H3,(H,15,16,17). The number of hydrogen-bond donors (Lipinski definition) is 1. The van der Waals surface area contributed by atoms with Crippen molar-refractivity contribution >= 4 is 21.7 Å². The van der Waals surface area contributed by atoms with E-state index in [4.69, 9.17) is 9.47 Å². The van der Waals surface area contributed by atoms with Crippen molar-refractivity contribution in [3.8, 4) is 0 Å². The van der Waals surface area contributed by atoms with Crippen LogP contribution >= 0.6 is 15.9 Å². The Hall–Kier alpha value is -0.720. The Balaban J connectivity index is 2.44. The van der Waals surface area contributed by atoms with E-state index in [1.165, 1.54) is 0 Å². The summed E-state index contributed by atoms with van der Waals surface area (Å²) in [5.41, 5.74) is 0.504. The van der Waals surface area contributed by atoms with Crippen LogP contribution in [0.2, 0.25) is 0 Å². The first-order valence-corrected chi connectivity index (χ1v) is 7.36. The van der Waals surface area contributed by atoms with Crippen LogP contribution < -0.4 is 5.32 Å². The number of aryl methyl sites for hydroxylation is 1. The van der Waals surface area contributed by atoms with Gasteiger partial charge in [0.15, 0.2) is 5.82 Å². The van der Waals surface area contributed by atoms with Gasteiger partial charge in [0, 0.05) is 39.7 Å². The number of nitrogens with one attached hydrogen (secondary N) is 1. The number of aromatic nitrogens is 2. The average Bonchev–Trinajstić information content (AvgIpc) is 2.43. The molecule has 19 heavy (non-hydrogen) atoms. The maximum absolute atomic E-state index is 6.00. The van der Waals surface area contributed by atoms with Crippen molar-refractivity contribution in [2.45, 2.75) is 32.3 Å². The van der Waals surface area contributed by atoms with Crippen molar-refractivity contribution in [1.82, 2.24) is 9.97 Å². The summed E-state index contributed by atoms with van der Waals surface area (Å²) in [5.74, 6) is 1.55. The summed E-state index contributed by atoms with van der Waals surface area (Å²) in [5, 5.41) is 3.09. The van der Waals surface area contributed by atoms with Crippen LogP contribution in [0.4, 0.5) is 5.82 Å². The quantitative estimate of drug-likeness (QED) is 0.920. The maximum Gasteiger partial charge on any atom is 0.163 e. The second-order valence-electron chi connectivity index (χ2n) is 4.58. The molecule has 0 saturated carbocycles. The summed E-state index contributed by atoms with van der Waals surface area (Å²) in [4.78, 5) is 9.23. The van der Waals surface area contributed by atoms with Crippen molar-refractivity contribution in [2.75, 3.05) is 32.2 Å². The monoisotopic (exact) mass is 329 g/mol. The van der Waals surface area contributed by atoms with Crippen molar-refractivity contribution in [3.05, 3.63) is 16.0 Å². The molecule has 1 aliphatic rings. The molecule has 5 nitrogen and oxygen atoms in total. The highest BCUT2D eigenvalue weighted by molar-refractivity contribution is 9.10. The van der Waals surface area contributed by atoms with E-state index in [-0.39, 0.29) is 0 Å². The minimum Gasteiger partial charge on any atom is -0.381 e. The van der Waals surface area contributed by atoms with Crippen LogP contribution in [0.25, 0.3) is 0 Å². The molecule has 0 radical (unpaired) electrons. The lowest BCUT2D eigenvalue weighted by atomic mass is 9.92. The van der Waals surface area contributed by atoms with E-state index >= 15 is 0 Å². The normalized spacial score (nSPS) is 18.3. The zero-order valence-corrected chi connectivity index (χ0v) is 13.2. The van der Waals surface area contributed by atoms with Gasteiger partial charge < -0.3 is 14.8 Å². The molecule has 1 aromatic heterocycles. The topological polar surface area (TPSA) is 56.3 Å². The van der Waals surface area contributed by atoms with Gasteiger partial charge in [0.25, 0.3) is 0 Å². The first-order chi connectivity index (χ1) is 9.13. The van der Waals surface area contributed by atoms with Gasteiger partial charge in [-0.1, -0.05) is 0 Å². The Morgan fingerprint density at radius 1 is 1.37 bits per heavy atom. The molecule has 1 saturated heterocycles. The van der Waals surface area contributed by atoms with Crippen molar-refractivity contribution < 1.29 is 9.47 Å². The van der Waals surface area contributed by atoms with Gasteiger partial charge in [0.05, 0.1) is 10.2 Å². The van der Waals surface area contributed by atoms with Gasteiger partial charge in [-0.2, -0.15) is 0 Å². The molecule has 0 atom stereocenters. The molecule has 1 fully saturated rings. The van der Waals surface area contributed by atoms with Gasteiger partial charge in [-0.05, 0) is 29.8 Å². The second kappa shape index (κ2) is 6.15. The molecule has 0 spiro atoms. The molecular weight excluding hydrogens is 310 g/mol. The van der Waals surface area contributed by atoms with E-state index in [2.05, 4.69) is 31.2 Å². The van der Waals surface area contributed by atoms with Crippen LogP contribution in [-0.2, 0) is 15.1 Å². The fraction of sp³-hybridized carbons (Fsp3) is 0.692. The molecular formula is C13H20BrN3O2. The number of hydrogen-bond acceptors (Lipinski definition) is 5. The third kappa shape index (κ3) is 2.90. The number of rotatable bonds is 4. The van der Waals surface area contributed by atoms with E-state index < -0.39 is 5.60 Å². The number of halogens is 1. The van der Waals surface area contributed by atoms with Gasteiger partial charge in [0.2, 0.25) is 0 Å². The highest BCUT2D eigenvalue weighted by atomic mass is 79.9. The molecule has 1 aliphatic heterocycles. The Labute approximate surface area is 122 Å². The largest absolute Gasteiger partial charge is 0.381 e. The van der Waals surface area contributed by atoms with Crippen molar-refractivity contribution in [3.63, 3.8) is 0 Å². The Morgan fingerprint density at radius 3 is 2.63 bits per heavy atom. The van der Waals surface area contributed by atoms with Crippen molar-refractivity contribution in [1.29, 1.82) is 0 Å². The van der Waals surface area contributed by atoms with Crippen LogP contribution in [0.3, 0.4) is 0 Å². The fourth-order valence-electron chi connectivity index (χ4n) is 2.34. The zero-order chi connectivity index (χ0) is 13.9. The Kier molecular flexibility index (Phi) is 4.76. The summed E-state index contributed by atoms with van der Waals surface area (Å²) < 4.78 is 12.3. The first kappa shape index (κ1) is 14.7. The molecule has 0 aromatic carbocycles. The third-order valence-corrected chi connectivity index (χ3v) is 4.33. The second-order valence-corrected chi connectivity index (χ2v) is 5.38. The van der Waals surface area contributed by atoms with Crippen LogP contribution in [0.1, 0.15) is 31.3 Å². The van der Waals surface area contributed by atoms with Gasteiger partial charge in [-0.15, -0.1) is 0 Å². The predicted molar refractivity (Wildman–Crippen MR) is 77.4 cm³/mol. The summed E-state index contributed by atoms with van der Waals surface area (Å²) in [7, 11) is 1.85. The van der Waals surface area contributed by atoms with Gasteiger partial charge >= 0.3 is 0 Å². The number of anilines is 1. The lowest BCUT2D eigenvalue weighted by Gasteiger charge is -2.35. The lowest BCUT2D eigenvalue weighted by molar-refractivity contribution is -0.117. The zero-order valence-electron chi connectivity index (χ0n) is 11.6. The van der Waals surface area contributed by atoms with Crippen molar-refractivity contribution in [2.24, 2.45) is 0 Å². The first-order valence-electron chi connectivity index (χ1n) is 6.57. The molecule has 0 amide bonds. The van der Waals surface area contributed by atoms with E-state index in [9.17, 15) is 0 Å². The molecule has 1 aromatic rings. The predicted octanol–water partition coefficient (Wildman–Crippen LogP) is 2.63. The average molecular weight is 330 g/mol. The minimum atomic E-state index is -0.413. The SMILES string of the molecule is CCOC1(c2nc(C)c(Br)c(NC)n2)CCOCC1. The lowest BCUT2D eigenvalue weighted by Crippen LogP contribution is -2.38. The smallest absolute Gasteiger partial charge is 0.163 e.